The number of hydrogen-bond acceptors (Lipinski definition) is 6. The van der Waals surface area contributed by atoms with Crippen LogP contribution < -0.4 is 19.7 Å². The molecule has 0 aliphatic rings. The maximum absolute atomic E-state index is 12.8. The van der Waals surface area contributed by atoms with Crippen LogP contribution in [-0.2, 0) is 24.2 Å². The standard InChI is InChI=1S/C38H30N8O2.C7H8O3S/c1-43-33(25-45-20-5-3-10-35(43)45)29-16-12-27(13-17-29)23-39-41-37(47)31-8-7-9-32(22-31)38(48)42-40-24-28-14-18-30(19-15-28)34-26-46-21-6-4-11-36(46)44(34)2;1-6-2-4-7(5-3-6)11(8,9)10/h3-26H,1-2H3;2-5H,1H3,(H,8,9,10)/p+2/b39-23+,40-24+;. The van der Waals surface area contributed by atoms with E-state index in [0.29, 0.717) is 11.1 Å². The molecule has 8 rings (SSSR count). The fourth-order valence-corrected chi connectivity index (χ4v) is 6.83. The van der Waals surface area contributed by atoms with Gasteiger partial charge in [0.15, 0.2) is 11.4 Å². The molecule has 13 nitrogen and oxygen atoms in total. The third-order valence-electron chi connectivity index (χ3n) is 9.55. The largest absolute Gasteiger partial charge is 0.294 e. The summed E-state index contributed by atoms with van der Waals surface area (Å²) in [6, 6.07) is 40.4. The van der Waals surface area contributed by atoms with Crippen LogP contribution in [0.5, 0.6) is 0 Å². The van der Waals surface area contributed by atoms with Crippen LogP contribution in [0, 0.1) is 6.92 Å². The molecule has 2 amide bonds. The number of aryl methyl sites for hydroxylation is 3. The molecule has 14 heteroatoms. The Labute approximate surface area is 340 Å². The highest BCUT2D eigenvalue weighted by molar-refractivity contribution is 7.85. The number of nitrogens with zero attached hydrogens (tertiary/aromatic N) is 6. The van der Waals surface area contributed by atoms with E-state index in [4.69, 9.17) is 4.55 Å². The minimum Gasteiger partial charge on any atom is -0.282 e. The molecule has 0 saturated heterocycles. The van der Waals surface area contributed by atoms with Crippen LogP contribution in [-0.4, -0.2) is 46.3 Å². The molecule has 0 saturated carbocycles. The van der Waals surface area contributed by atoms with Gasteiger partial charge in [0.2, 0.25) is 0 Å². The number of pyridine rings is 2. The van der Waals surface area contributed by atoms with E-state index >= 15 is 0 Å². The van der Waals surface area contributed by atoms with Crippen molar-refractivity contribution in [2.45, 2.75) is 11.8 Å². The zero-order valence-electron chi connectivity index (χ0n) is 32.3. The first-order chi connectivity index (χ1) is 28.4. The van der Waals surface area contributed by atoms with Crippen molar-refractivity contribution in [2.24, 2.45) is 24.3 Å². The Hall–Kier alpha value is -7.55. The van der Waals surface area contributed by atoms with Crippen molar-refractivity contribution in [3.05, 3.63) is 186 Å². The number of benzene rings is 4. The maximum atomic E-state index is 12.8. The van der Waals surface area contributed by atoms with E-state index in [1.54, 1.807) is 42.8 Å². The molecule has 4 aromatic carbocycles. The smallest absolute Gasteiger partial charge is 0.282 e. The van der Waals surface area contributed by atoms with E-state index in [-0.39, 0.29) is 4.90 Å². The van der Waals surface area contributed by atoms with Gasteiger partial charge in [0.1, 0.15) is 12.4 Å². The van der Waals surface area contributed by atoms with Crippen molar-refractivity contribution >= 4 is 45.7 Å². The summed E-state index contributed by atoms with van der Waals surface area (Å²) >= 11 is 0. The normalized spacial score (nSPS) is 11.5. The van der Waals surface area contributed by atoms with Gasteiger partial charge in [-0.2, -0.15) is 18.6 Å². The van der Waals surface area contributed by atoms with E-state index in [1.165, 1.54) is 18.2 Å². The predicted molar refractivity (Wildman–Crippen MR) is 226 cm³/mol. The third kappa shape index (κ3) is 9.37. The summed E-state index contributed by atoms with van der Waals surface area (Å²) in [5.74, 6) is -0.865. The SMILES string of the molecule is Cc1ccc(S(=O)(=O)O)cc1.Cn1c(-c2ccc(/C=N/NC(=O)c3cccc(C(=O)N/N=C/c4ccc(-c5c[n+]6ccccc6n5C)cc4)c3)cc2)c[n+]2ccccc12. The Morgan fingerprint density at radius 2 is 1.05 bits per heavy atom. The summed E-state index contributed by atoms with van der Waals surface area (Å²) in [7, 11) is 0.0519. The molecular formula is C45H40N8O5S+2. The van der Waals surface area contributed by atoms with Gasteiger partial charge in [-0.1, -0.05) is 60.2 Å². The molecule has 0 fully saturated rings. The summed E-state index contributed by atoms with van der Waals surface area (Å²) < 4.78 is 38.0. The highest BCUT2D eigenvalue weighted by Gasteiger charge is 2.17. The Balaban J connectivity index is 0.000000417. The predicted octanol–water partition coefficient (Wildman–Crippen LogP) is 5.94. The van der Waals surface area contributed by atoms with Crippen molar-refractivity contribution in [3.63, 3.8) is 0 Å². The van der Waals surface area contributed by atoms with Gasteiger partial charge in [-0.15, -0.1) is 0 Å². The lowest BCUT2D eigenvalue weighted by atomic mass is 10.1. The highest BCUT2D eigenvalue weighted by Crippen LogP contribution is 2.21. The van der Waals surface area contributed by atoms with Crippen molar-refractivity contribution < 1.29 is 31.4 Å². The van der Waals surface area contributed by atoms with Crippen LogP contribution in [0.4, 0.5) is 0 Å². The number of hydrazone groups is 2. The van der Waals surface area contributed by atoms with Crippen molar-refractivity contribution in [1.29, 1.82) is 0 Å². The monoisotopic (exact) mass is 804 g/mol. The van der Waals surface area contributed by atoms with Gasteiger partial charge in [0.05, 0.1) is 43.8 Å². The minimum atomic E-state index is -4.02. The van der Waals surface area contributed by atoms with Gasteiger partial charge < -0.3 is 0 Å². The molecule has 294 valence electrons. The van der Waals surface area contributed by atoms with Crippen LogP contribution in [0.25, 0.3) is 33.8 Å². The fourth-order valence-electron chi connectivity index (χ4n) is 6.35. The molecule has 59 heavy (non-hydrogen) atoms. The molecule has 0 radical (unpaired) electrons. The summed E-state index contributed by atoms with van der Waals surface area (Å²) in [5.41, 5.74) is 14.8. The van der Waals surface area contributed by atoms with Crippen LogP contribution in [0.2, 0.25) is 0 Å². The van der Waals surface area contributed by atoms with Crippen LogP contribution in [0.1, 0.15) is 37.4 Å². The van der Waals surface area contributed by atoms with Crippen molar-refractivity contribution in [3.8, 4) is 22.5 Å². The molecule has 0 spiro atoms. The lowest BCUT2D eigenvalue weighted by Gasteiger charge is -2.04. The lowest BCUT2D eigenvalue weighted by molar-refractivity contribution is -0.510. The Morgan fingerprint density at radius 3 is 1.46 bits per heavy atom. The number of hydrogen-bond donors (Lipinski definition) is 3. The second kappa shape index (κ2) is 17.3. The zero-order valence-corrected chi connectivity index (χ0v) is 33.2. The lowest BCUT2D eigenvalue weighted by Crippen LogP contribution is -2.20. The van der Waals surface area contributed by atoms with Gasteiger partial charge in [0, 0.05) is 34.4 Å². The summed E-state index contributed by atoms with van der Waals surface area (Å²) in [6.07, 6.45) is 11.4. The second-order valence-corrected chi connectivity index (χ2v) is 15.0. The molecule has 0 aliphatic carbocycles. The number of imidazole rings is 2. The number of aromatic nitrogens is 4. The van der Waals surface area contributed by atoms with Crippen LogP contribution in [0.3, 0.4) is 0 Å². The molecule has 4 heterocycles. The second-order valence-electron chi connectivity index (χ2n) is 13.6. The van der Waals surface area contributed by atoms with Crippen LogP contribution >= 0.6 is 0 Å². The Kier molecular flexibility index (Phi) is 11.6. The summed E-state index contributed by atoms with van der Waals surface area (Å²) in [4.78, 5) is 25.5. The third-order valence-corrected chi connectivity index (χ3v) is 10.4. The first-order valence-electron chi connectivity index (χ1n) is 18.4. The molecule has 0 aliphatic heterocycles. The van der Waals surface area contributed by atoms with Crippen molar-refractivity contribution in [1.82, 2.24) is 20.0 Å². The molecule has 4 aromatic heterocycles. The number of fused-ring (bicyclic) bond motifs is 2. The number of nitrogens with one attached hydrogen (secondary N) is 2. The first kappa shape index (κ1) is 39.7. The molecule has 0 atom stereocenters. The molecule has 0 bridgehead atoms. The van der Waals surface area contributed by atoms with Gasteiger partial charge in [0.25, 0.3) is 33.2 Å². The quantitative estimate of drug-likeness (QED) is 0.0713. The van der Waals surface area contributed by atoms with E-state index in [1.807, 2.05) is 106 Å². The van der Waals surface area contributed by atoms with Gasteiger partial charge in [-0.05, 0) is 84.8 Å². The van der Waals surface area contributed by atoms with E-state index in [0.717, 1.165) is 50.5 Å². The number of carbonyl (C=O) groups excluding carboxylic acids is 2. The maximum Gasteiger partial charge on any atom is 0.294 e. The van der Waals surface area contributed by atoms with Gasteiger partial charge in [-0.25, -0.2) is 28.8 Å². The average Bonchev–Trinajstić information content (AvgIpc) is 3.77. The number of rotatable bonds is 9. The number of amides is 2. The van der Waals surface area contributed by atoms with E-state index in [9.17, 15) is 18.0 Å². The molecule has 8 aromatic rings. The topological polar surface area (TPSA) is 155 Å². The zero-order chi connectivity index (χ0) is 41.5. The first-order valence-corrected chi connectivity index (χ1v) is 19.8. The average molecular weight is 805 g/mol. The van der Waals surface area contributed by atoms with E-state index in [2.05, 4.69) is 63.5 Å². The summed E-state index contributed by atoms with van der Waals surface area (Å²) in [5, 5.41) is 8.22. The molecule has 0 unspecified atom stereocenters. The fraction of sp³-hybridized carbons (Fsp3) is 0.0667. The van der Waals surface area contributed by atoms with E-state index < -0.39 is 21.9 Å². The summed E-state index contributed by atoms with van der Waals surface area (Å²) in [6.45, 7) is 1.84. The minimum absolute atomic E-state index is 0.0666. The Morgan fingerprint density at radius 1 is 0.610 bits per heavy atom. The number of carbonyl (C=O) groups is 2. The molecule has 3 N–H and O–H groups in total. The Bertz CT molecular complexity index is 2810. The molecular weight excluding hydrogens is 765 g/mol. The van der Waals surface area contributed by atoms with Gasteiger partial charge in [-0.3, -0.25) is 14.1 Å². The highest BCUT2D eigenvalue weighted by atomic mass is 32.2. The van der Waals surface area contributed by atoms with Crippen LogP contribution in [0.15, 0.2) is 173 Å². The van der Waals surface area contributed by atoms with Crippen molar-refractivity contribution in [2.75, 3.05) is 0 Å². The van der Waals surface area contributed by atoms with Gasteiger partial charge >= 0.3 is 0 Å².